The number of rotatable bonds is 7. The van der Waals surface area contributed by atoms with Gasteiger partial charge in [0.1, 0.15) is 0 Å². The van der Waals surface area contributed by atoms with Gasteiger partial charge in [-0.2, -0.15) is 26.3 Å². The summed E-state index contributed by atoms with van der Waals surface area (Å²) >= 11 is 0. The van der Waals surface area contributed by atoms with Gasteiger partial charge in [-0.15, -0.1) is 12.4 Å². The highest BCUT2D eigenvalue weighted by atomic mass is 35.5. The standard InChI is InChI=1S/C24H27F6N3O2.ClH/c1-31-22(34)33-13-20(35-14-15-7-9-32-10-8-15)17-11-18(23(25,26)27)21(16-5-3-2-4-6-16)19(12-17)24(28,29)30;/h2-6,11-12,15,20,32H,7-10,13-14H2,1H3,(H2,31,33,34);1H. The molecule has 36 heavy (non-hydrogen) atoms. The Labute approximate surface area is 211 Å². The smallest absolute Gasteiger partial charge is 0.371 e. The number of carbonyl (C=O) groups excluding carboxylic acids is 1. The third kappa shape index (κ3) is 7.75. The number of halogens is 7. The second kappa shape index (κ2) is 12.6. The summed E-state index contributed by atoms with van der Waals surface area (Å²) in [5.74, 6) is 0.103. The van der Waals surface area contributed by atoms with Crippen molar-refractivity contribution in [3.8, 4) is 11.1 Å². The number of amides is 2. The maximum atomic E-state index is 14.1. The molecule has 12 heteroatoms. The highest BCUT2D eigenvalue weighted by Gasteiger charge is 2.42. The van der Waals surface area contributed by atoms with E-state index >= 15 is 0 Å². The van der Waals surface area contributed by atoms with Crippen LogP contribution in [0.5, 0.6) is 0 Å². The van der Waals surface area contributed by atoms with Crippen molar-refractivity contribution in [2.24, 2.45) is 5.92 Å². The number of hydrogen-bond acceptors (Lipinski definition) is 3. The van der Waals surface area contributed by atoms with E-state index in [1.54, 1.807) is 0 Å². The van der Waals surface area contributed by atoms with Gasteiger partial charge in [-0.25, -0.2) is 4.79 Å². The largest absolute Gasteiger partial charge is 0.417 e. The molecule has 1 heterocycles. The van der Waals surface area contributed by atoms with Crippen LogP contribution in [0.25, 0.3) is 11.1 Å². The lowest BCUT2D eigenvalue weighted by Crippen LogP contribution is -2.37. The molecule has 0 spiro atoms. The summed E-state index contributed by atoms with van der Waals surface area (Å²) in [7, 11) is 1.35. The minimum absolute atomic E-state index is 0. The SMILES string of the molecule is CNC(=O)NCC(OCC1CCNCC1)c1cc(C(F)(F)F)c(-c2ccccc2)c(C(F)(F)F)c1.Cl. The lowest BCUT2D eigenvalue weighted by atomic mass is 9.90. The Morgan fingerprint density at radius 3 is 2.08 bits per heavy atom. The van der Waals surface area contributed by atoms with Crippen LogP contribution in [0.1, 0.15) is 35.6 Å². The molecule has 1 atom stereocenters. The van der Waals surface area contributed by atoms with Crippen LogP contribution < -0.4 is 16.0 Å². The first-order chi connectivity index (χ1) is 16.5. The Morgan fingerprint density at radius 2 is 1.58 bits per heavy atom. The third-order valence-corrected chi connectivity index (χ3v) is 5.87. The van der Waals surface area contributed by atoms with Gasteiger partial charge in [0.2, 0.25) is 0 Å². The fourth-order valence-corrected chi connectivity index (χ4v) is 4.06. The molecule has 1 saturated heterocycles. The van der Waals surface area contributed by atoms with Crippen LogP contribution >= 0.6 is 12.4 Å². The van der Waals surface area contributed by atoms with Gasteiger partial charge in [-0.1, -0.05) is 30.3 Å². The average molecular weight is 540 g/mol. The number of nitrogens with one attached hydrogen (secondary N) is 3. The Balaban J connectivity index is 0.00000456. The number of urea groups is 1. The lowest BCUT2D eigenvalue weighted by molar-refractivity contribution is -0.142. The summed E-state index contributed by atoms with van der Waals surface area (Å²) in [5.41, 5.74) is -4.28. The summed E-state index contributed by atoms with van der Waals surface area (Å²) in [5, 5.41) is 7.92. The molecule has 1 aliphatic heterocycles. The van der Waals surface area contributed by atoms with Crippen LogP contribution in [0.15, 0.2) is 42.5 Å². The first-order valence-electron chi connectivity index (χ1n) is 11.2. The van der Waals surface area contributed by atoms with Gasteiger partial charge in [0.25, 0.3) is 0 Å². The summed E-state index contributed by atoms with van der Waals surface area (Å²) in [6.45, 7) is 1.34. The van der Waals surface area contributed by atoms with Crippen molar-refractivity contribution in [1.82, 2.24) is 16.0 Å². The molecule has 0 bridgehead atoms. The van der Waals surface area contributed by atoms with Gasteiger partial charge in [0, 0.05) is 19.2 Å². The van der Waals surface area contributed by atoms with Crippen LogP contribution in [-0.4, -0.2) is 39.3 Å². The fraction of sp³-hybridized carbons (Fsp3) is 0.458. The quantitative estimate of drug-likeness (QED) is 0.390. The molecule has 2 aromatic carbocycles. The number of alkyl halides is 6. The minimum Gasteiger partial charge on any atom is -0.371 e. The van der Waals surface area contributed by atoms with Crippen molar-refractivity contribution < 1.29 is 35.9 Å². The van der Waals surface area contributed by atoms with E-state index in [1.165, 1.54) is 37.4 Å². The molecule has 1 aliphatic rings. The molecule has 1 unspecified atom stereocenters. The van der Waals surface area contributed by atoms with Crippen molar-refractivity contribution >= 4 is 18.4 Å². The second-order valence-electron chi connectivity index (χ2n) is 8.33. The molecule has 0 saturated carbocycles. The Kier molecular flexibility index (Phi) is 10.4. The third-order valence-electron chi connectivity index (χ3n) is 5.87. The number of benzene rings is 2. The zero-order valence-electron chi connectivity index (χ0n) is 19.4. The molecule has 3 rings (SSSR count). The van der Waals surface area contributed by atoms with E-state index in [1.807, 2.05) is 0 Å². The number of carbonyl (C=O) groups is 1. The van der Waals surface area contributed by atoms with E-state index in [0.29, 0.717) is 12.1 Å². The molecule has 0 radical (unpaired) electrons. The summed E-state index contributed by atoms with van der Waals surface area (Å²) in [6, 6.07) is 7.42. The predicted molar refractivity (Wildman–Crippen MR) is 126 cm³/mol. The predicted octanol–water partition coefficient (Wildman–Crippen LogP) is 5.80. The highest BCUT2D eigenvalue weighted by Crippen LogP contribution is 2.46. The second-order valence-corrected chi connectivity index (χ2v) is 8.33. The van der Waals surface area contributed by atoms with Gasteiger partial charge in [0.15, 0.2) is 0 Å². The van der Waals surface area contributed by atoms with Crippen molar-refractivity contribution in [2.45, 2.75) is 31.3 Å². The Morgan fingerprint density at radius 1 is 1.03 bits per heavy atom. The minimum atomic E-state index is -5.06. The van der Waals surface area contributed by atoms with Gasteiger partial charge < -0.3 is 20.7 Å². The first kappa shape index (κ1) is 29.7. The fourth-order valence-electron chi connectivity index (χ4n) is 4.06. The zero-order valence-corrected chi connectivity index (χ0v) is 20.2. The van der Waals surface area contributed by atoms with Crippen molar-refractivity contribution in [3.05, 3.63) is 59.2 Å². The number of ether oxygens (including phenoxy) is 1. The van der Waals surface area contributed by atoms with Gasteiger partial charge in [-0.05, 0) is 55.1 Å². The number of piperidine rings is 1. The average Bonchev–Trinajstić information content (AvgIpc) is 2.83. The van der Waals surface area contributed by atoms with Crippen LogP contribution in [0.4, 0.5) is 31.1 Å². The van der Waals surface area contributed by atoms with E-state index in [-0.39, 0.29) is 42.6 Å². The molecule has 5 nitrogen and oxygen atoms in total. The molecule has 2 aromatic rings. The van der Waals surface area contributed by atoms with E-state index < -0.39 is 41.2 Å². The van der Waals surface area contributed by atoms with Gasteiger partial charge in [-0.3, -0.25) is 0 Å². The topological polar surface area (TPSA) is 62.4 Å². The highest BCUT2D eigenvalue weighted by molar-refractivity contribution is 5.85. The molecule has 2 amide bonds. The summed E-state index contributed by atoms with van der Waals surface area (Å²) in [4.78, 5) is 11.7. The Bertz CT molecular complexity index is 961. The van der Waals surface area contributed by atoms with Crippen LogP contribution in [0, 0.1) is 5.92 Å². The first-order valence-corrected chi connectivity index (χ1v) is 11.2. The van der Waals surface area contributed by atoms with Crippen molar-refractivity contribution in [3.63, 3.8) is 0 Å². The maximum absolute atomic E-state index is 14.1. The molecular formula is C24H28ClF6N3O2. The van der Waals surface area contributed by atoms with Crippen molar-refractivity contribution in [2.75, 3.05) is 33.3 Å². The normalized spacial score (nSPS) is 15.6. The van der Waals surface area contributed by atoms with Gasteiger partial charge >= 0.3 is 18.4 Å². The Hall–Kier alpha value is -2.50. The maximum Gasteiger partial charge on any atom is 0.417 e. The number of hydrogen-bond donors (Lipinski definition) is 3. The van der Waals surface area contributed by atoms with E-state index in [9.17, 15) is 31.1 Å². The van der Waals surface area contributed by atoms with Crippen molar-refractivity contribution in [1.29, 1.82) is 0 Å². The van der Waals surface area contributed by atoms with E-state index in [2.05, 4.69) is 16.0 Å². The van der Waals surface area contributed by atoms with Gasteiger partial charge in [0.05, 0.1) is 23.8 Å². The molecule has 200 valence electrons. The molecule has 0 aromatic heterocycles. The van der Waals surface area contributed by atoms with Crippen LogP contribution in [0.2, 0.25) is 0 Å². The molecular weight excluding hydrogens is 512 g/mol. The zero-order chi connectivity index (χ0) is 25.6. The van der Waals surface area contributed by atoms with Crippen LogP contribution in [0.3, 0.4) is 0 Å². The lowest BCUT2D eigenvalue weighted by Gasteiger charge is -2.27. The molecule has 3 N–H and O–H groups in total. The van der Waals surface area contributed by atoms with Crippen LogP contribution in [-0.2, 0) is 17.1 Å². The summed E-state index contributed by atoms with van der Waals surface area (Å²) in [6.07, 6.45) is -9.80. The van der Waals surface area contributed by atoms with E-state index in [0.717, 1.165) is 25.9 Å². The molecule has 1 fully saturated rings. The monoisotopic (exact) mass is 539 g/mol. The summed E-state index contributed by atoms with van der Waals surface area (Å²) < 4.78 is 90.4. The molecule has 0 aliphatic carbocycles. The van der Waals surface area contributed by atoms with E-state index in [4.69, 9.17) is 4.74 Å².